The van der Waals surface area contributed by atoms with E-state index >= 15 is 0 Å². The normalized spacial score (nSPS) is 15.8. The average molecular weight is 360 g/mol. The number of H-pyrrole nitrogens is 1. The van der Waals surface area contributed by atoms with Crippen molar-refractivity contribution < 1.29 is 9.18 Å². The molecule has 1 fully saturated rings. The molecule has 1 saturated heterocycles. The first kappa shape index (κ1) is 18.1. The van der Waals surface area contributed by atoms with E-state index in [1.807, 2.05) is 7.05 Å². The summed E-state index contributed by atoms with van der Waals surface area (Å²) in [6, 6.07) is 5.88. The van der Waals surface area contributed by atoms with E-state index in [1.165, 1.54) is 18.2 Å². The molecule has 0 aliphatic carbocycles. The number of nitrogens with one attached hydrogen (secondary N) is 2. The summed E-state index contributed by atoms with van der Waals surface area (Å²) in [4.78, 5) is 41.6. The minimum atomic E-state index is -0.734. The van der Waals surface area contributed by atoms with Gasteiger partial charge in [0.15, 0.2) is 0 Å². The zero-order valence-electron chi connectivity index (χ0n) is 14.5. The van der Waals surface area contributed by atoms with E-state index < -0.39 is 23.0 Å². The van der Waals surface area contributed by atoms with Gasteiger partial charge in [-0.05, 0) is 39.0 Å². The molecule has 1 aromatic heterocycles. The summed E-state index contributed by atoms with van der Waals surface area (Å²) in [7, 11) is 2.02. The maximum Gasteiger partial charge on any atom is 0.328 e. The van der Waals surface area contributed by atoms with E-state index in [2.05, 4.69) is 15.2 Å². The Labute approximate surface area is 149 Å². The Bertz CT molecular complexity index is 913. The number of hydrogen-bond donors (Lipinski definition) is 2. The molecule has 7 nitrogen and oxygen atoms in total. The molecule has 2 N–H and O–H groups in total. The van der Waals surface area contributed by atoms with Crippen LogP contribution in [-0.4, -0.2) is 46.5 Å². The number of amides is 1. The van der Waals surface area contributed by atoms with Crippen LogP contribution in [-0.2, 0) is 6.54 Å². The minimum Gasteiger partial charge on any atom is -0.349 e. The zero-order valence-corrected chi connectivity index (χ0v) is 14.5. The lowest BCUT2D eigenvalue weighted by Gasteiger charge is -2.29. The number of carbonyl (C=O) groups excluding carboxylic acids is 1. The second-order valence-electron chi connectivity index (χ2n) is 6.54. The van der Waals surface area contributed by atoms with Crippen molar-refractivity contribution in [2.45, 2.75) is 25.4 Å². The highest BCUT2D eigenvalue weighted by Crippen LogP contribution is 2.09. The SMILES string of the molecule is CN1CCC(NC(=O)c2c[nH]c(=O)n(Cc3ccccc3F)c2=O)CC1. The molecular weight excluding hydrogens is 339 g/mol. The molecule has 1 amide bonds. The molecule has 0 saturated carbocycles. The van der Waals surface area contributed by atoms with Crippen molar-refractivity contribution in [3.63, 3.8) is 0 Å². The Hall–Kier alpha value is -2.74. The summed E-state index contributed by atoms with van der Waals surface area (Å²) in [6.45, 7) is 1.50. The van der Waals surface area contributed by atoms with Crippen molar-refractivity contribution in [2.75, 3.05) is 20.1 Å². The van der Waals surface area contributed by atoms with Crippen LogP contribution < -0.4 is 16.6 Å². The van der Waals surface area contributed by atoms with Gasteiger partial charge in [0.05, 0.1) is 6.54 Å². The van der Waals surface area contributed by atoms with Gasteiger partial charge in [-0.2, -0.15) is 0 Å². The Morgan fingerprint density at radius 3 is 2.65 bits per heavy atom. The summed E-state index contributed by atoms with van der Waals surface area (Å²) in [5.41, 5.74) is -1.37. The van der Waals surface area contributed by atoms with E-state index in [1.54, 1.807) is 6.07 Å². The lowest BCUT2D eigenvalue weighted by atomic mass is 10.1. The van der Waals surface area contributed by atoms with Crippen LogP contribution in [0.1, 0.15) is 28.8 Å². The number of likely N-dealkylation sites (tertiary alicyclic amines) is 1. The molecular formula is C18H21FN4O3. The molecule has 1 aliphatic heterocycles. The minimum absolute atomic E-state index is 0.00922. The van der Waals surface area contributed by atoms with E-state index in [0.29, 0.717) is 0 Å². The summed E-state index contributed by atoms with van der Waals surface area (Å²) in [5.74, 6) is -1.04. The van der Waals surface area contributed by atoms with E-state index in [0.717, 1.165) is 36.7 Å². The van der Waals surface area contributed by atoms with Crippen molar-refractivity contribution >= 4 is 5.91 Å². The largest absolute Gasteiger partial charge is 0.349 e. The molecule has 2 heterocycles. The summed E-state index contributed by atoms with van der Waals surface area (Å²) in [6.07, 6.45) is 2.72. The van der Waals surface area contributed by atoms with Gasteiger partial charge in [-0.25, -0.2) is 9.18 Å². The van der Waals surface area contributed by atoms with Crippen molar-refractivity contribution in [1.82, 2.24) is 19.8 Å². The molecule has 2 aromatic rings. The molecule has 0 bridgehead atoms. The maximum atomic E-state index is 13.8. The molecule has 1 aliphatic rings. The molecule has 138 valence electrons. The van der Waals surface area contributed by atoms with Crippen LogP contribution in [0.4, 0.5) is 4.39 Å². The van der Waals surface area contributed by atoms with Gasteiger partial charge in [0.1, 0.15) is 11.4 Å². The first-order chi connectivity index (χ1) is 12.5. The van der Waals surface area contributed by atoms with Crippen molar-refractivity contribution in [2.24, 2.45) is 0 Å². The first-order valence-electron chi connectivity index (χ1n) is 8.51. The molecule has 3 rings (SSSR count). The molecule has 1 aromatic carbocycles. The van der Waals surface area contributed by atoms with Gasteiger partial charge in [0.2, 0.25) is 0 Å². The molecule has 26 heavy (non-hydrogen) atoms. The first-order valence-corrected chi connectivity index (χ1v) is 8.51. The van der Waals surface area contributed by atoms with Gasteiger partial charge in [-0.15, -0.1) is 0 Å². The fraction of sp³-hybridized carbons (Fsp3) is 0.389. The lowest BCUT2D eigenvalue weighted by Crippen LogP contribution is -2.46. The second kappa shape index (κ2) is 7.65. The van der Waals surface area contributed by atoms with Crippen molar-refractivity contribution in [3.05, 3.63) is 68.2 Å². The number of hydrogen-bond acceptors (Lipinski definition) is 4. The summed E-state index contributed by atoms with van der Waals surface area (Å²) in [5, 5.41) is 2.84. The van der Waals surface area contributed by atoms with Crippen LogP contribution in [0.3, 0.4) is 0 Å². The Morgan fingerprint density at radius 1 is 1.27 bits per heavy atom. The quantitative estimate of drug-likeness (QED) is 0.834. The van der Waals surface area contributed by atoms with Gasteiger partial charge >= 0.3 is 5.69 Å². The van der Waals surface area contributed by atoms with E-state index in [4.69, 9.17) is 0 Å². The van der Waals surface area contributed by atoms with Gasteiger partial charge in [-0.3, -0.25) is 14.2 Å². The monoisotopic (exact) mass is 360 g/mol. The number of piperidine rings is 1. The van der Waals surface area contributed by atoms with Crippen LogP contribution in [0, 0.1) is 5.82 Å². The predicted molar refractivity (Wildman–Crippen MR) is 94.8 cm³/mol. The molecule has 0 spiro atoms. The topological polar surface area (TPSA) is 87.2 Å². The highest BCUT2D eigenvalue weighted by molar-refractivity contribution is 5.93. The number of aromatic nitrogens is 2. The Morgan fingerprint density at radius 2 is 1.96 bits per heavy atom. The second-order valence-corrected chi connectivity index (χ2v) is 6.54. The zero-order chi connectivity index (χ0) is 18.7. The van der Waals surface area contributed by atoms with Crippen LogP contribution in [0.15, 0.2) is 40.1 Å². The molecule has 0 atom stereocenters. The predicted octanol–water partition coefficient (Wildman–Crippen LogP) is 0.548. The Balaban J connectivity index is 1.83. The van der Waals surface area contributed by atoms with Gasteiger partial charge in [0.25, 0.3) is 11.5 Å². The smallest absolute Gasteiger partial charge is 0.328 e. The number of aromatic amines is 1. The highest BCUT2D eigenvalue weighted by Gasteiger charge is 2.21. The standard InChI is InChI=1S/C18H21FN4O3/c1-22-8-6-13(7-9-22)21-16(24)14-10-20-18(26)23(17(14)25)11-12-4-2-3-5-15(12)19/h2-5,10,13H,6-9,11H2,1H3,(H,20,26)(H,21,24). The molecule has 0 unspecified atom stereocenters. The third-order valence-corrected chi connectivity index (χ3v) is 4.65. The Kier molecular flexibility index (Phi) is 5.32. The van der Waals surface area contributed by atoms with Crippen molar-refractivity contribution in [1.29, 1.82) is 0 Å². The fourth-order valence-corrected chi connectivity index (χ4v) is 3.03. The number of rotatable bonds is 4. The lowest BCUT2D eigenvalue weighted by molar-refractivity contribution is 0.0914. The number of halogens is 1. The van der Waals surface area contributed by atoms with Gasteiger partial charge in [0, 0.05) is 17.8 Å². The van der Waals surface area contributed by atoms with Gasteiger partial charge < -0.3 is 15.2 Å². The number of benzene rings is 1. The summed E-state index contributed by atoms with van der Waals surface area (Å²) >= 11 is 0. The van der Waals surface area contributed by atoms with Crippen LogP contribution >= 0.6 is 0 Å². The fourth-order valence-electron chi connectivity index (χ4n) is 3.03. The van der Waals surface area contributed by atoms with Crippen LogP contribution in [0.2, 0.25) is 0 Å². The molecule has 0 radical (unpaired) electrons. The van der Waals surface area contributed by atoms with Crippen LogP contribution in [0.25, 0.3) is 0 Å². The van der Waals surface area contributed by atoms with Crippen molar-refractivity contribution in [3.8, 4) is 0 Å². The third-order valence-electron chi connectivity index (χ3n) is 4.65. The third kappa shape index (κ3) is 3.91. The highest BCUT2D eigenvalue weighted by atomic mass is 19.1. The number of nitrogens with zero attached hydrogens (tertiary/aromatic N) is 2. The summed E-state index contributed by atoms with van der Waals surface area (Å²) < 4.78 is 14.7. The van der Waals surface area contributed by atoms with Crippen LogP contribution in [0.5, 0.6) is 0 Å². The van der Waals surface area contributed by atoms with Gasteiger partial charge in [-0.1, -0.05) is 18.2 Å². The average Bonchev–Trinajstić information content (AvgIpc) is 2.62. The maximum absolute atomic E-state index is 13.8. The van der Waals surface area contributed by atoms with E-state index in [-0.39, 0.29) is 23.7 Å². The molecule has 8 heteroatoms. The number of carbonyl (C=O) groups is 1. The van der Waals surface area contributed by atoms with E-state index in [9.17, 15) is 18.8 Å².